The van der Waals surface area contributed by atoms with E-state index in [1.54, 1.807) is 0 Å². The van der Waals surface area contributed by atoms with Gasteiger partial charge in [0.25, 0.3) is 0 Å². The average Bonchev–Trinajstić information content (AvgIpc) is 3.11. The Morgan fingerprint density at radius 2 is 1.79 bits per heavy atom. The van der Waals surface area contributed by atoms with E-state index in [2.05, 4.69) is 51.2 Å². The molecule has 1 nitrogen and oxygen atoms in total. The fourth-order valence-electron chi connectivity index (χ4n) is 1.99. The molecule has 0 aromatic rings. The molecule has 0 amide bonds. The molecular weight excluding hydrogens is 284 g/mol. The van der Waals surface area contributed by atoms with Gasteiger partial charge in [-0.1, -0.05) is 26.5 Å². The number of allylic oxidation sites excluding steroid dienone is 7. The maximum atomic E-state index is 6.10. The van der Waals surface area contributed by atoms with Crippen LogP contribution in [0.4, 0.5) is 0 Å². The Morgan fingerprint density at radius 3 is 2.11 bits per heavy atom. The fraction of sp³-hybridized carbons (Fsp3) is 0.500. The van der Waals surface area contributed by atoms with Crippen LogP contribution in [0.2, 0.25) is 18.1 Å². The zero-order valence-corrected chi connectivity index (χ0v) is 14.9. The molecule has 0 saturated heterocycles. The molecule has 0 fully saturated rings. The second-order valence-corrected chi connectivity index (χ2v) is 9.19. The van der Waals surface area contributed by atoms with Gasteiger partial charge in [0.2, 0.25) is 8.32 Å². The number of hydrogen-bond acceptors (Lipinski definition) is 1. The summed E-state index contributed by atoms with van der Waals surface area (Å²) in [5.41, 5.74) is 0. The monoisotopic (exact) mass is 308 g/mol. The van der Waals surface area contributed by atoms with Gasteiger partial charge < -0.3 is 4.43 Å². The smallest absolute Gasteiger partial charge is 0.576 e. The Morgan fingerprint density at radius 1 is 1.11 bits per heavy atom. The molecule has 0 aliphatic heterocycles. The van der Waals surface area contributed by atoms with Crippen LogP contribution in [-0.4, -0.2) is 8.32 Å². The molecule has 0 atom stereocenters. The molecule has 2 aliphatic carbocycles. The second kappa shape index (κ2) is 10.5. The summed E-state index contributed by atoms with van der Waals surface area (Å²) in [4.78, 5) is 0. The van der Waals surface area contributed by atoms with E-state index in [1.807, 2.05) is 12.2 Å². The molecule has 102 valence electrons. The molecular formula is C16H24OSiTi. The van der Waals surface area contributed by atoms with Crippen LogP contribution in [0.1, 0.15) is 33.6 Å². The summed E-state index contributed by atoms with van der Waals surface area (Å²) >= 11 is 0. The Kier molecular flexibility index (Phi) is 10.3. The third kappa shape index (κ3) is 6.60. The van der Waals surface area contributed by atoms with Gasteiger partial charge in [-0.15, -0.1) is 12.8 Å². The molecule has 0 aromatic carbocycles. The minimum Gasteiger partial charge on any atom is -0.576 e. The van der Waals surface area contributed by atoms with Crippen LogP contribution in [0, 0.1) is 12.2 Å². The minimum absolute atomic E-state index is 0. The van der Waals surface area contributed by atoms with Gasteiger partial charge in [-0.3, -0.25) is 6.08 Å². The van der Waals surface area contributed by atoms with Crippen LogP contribution >= 0.6 is 0 Å². The third-order valence-corrected chi connectivity index (χ3v) is 8.03. The Hall–Kier alpha value is -0.309. The summed E-state index contributed by atoms with van der Waals surface area (Å²) in [5.74, 6) is 0.997. The van der Waals surface area contributed by atoms with E-state index in [-0.39, 0.29) is 21.7 Å². The molecule has 0 N–H and O–H groups in total. The summed E-state index contributed by atoms with van der Waals surface area (Å²) in [6, 6.07) is 3.62. The SMILES string of the molecule is CC[Si](CC)(CC)OC1=[C-]CC=C1.[C-]1=CC=CC1.[Ti+2]. The van der Waals surface area contributed by atoms with E-state index in [0.717, 1.165) is 18.6 Å². The van der Waals surface area contributed by atoms with Crippen molar-refractivity contribution in [1.29, 1.82) is 0 Å². The summed E-state index contributed by atoms with van der Waals surface area (Å²) in [7, 11) is -1.43. The number of rotatable bonds is 5. The zero-order valence-electron chi connectivity index (χ0n) is 12.3. The van der Waals surface area contributed by atoms with E-state index in [4.69, 9.17) is 4.43 Å². The van der Waals surface area contributed by atoms with Crippen molar-refractivity contribution in [3.8, 4) is 0 Å². The van der Waals surface area contributed by atoms with Crippen molar-refractivity contribution >= 4 is 8.32 Å². The van der Waals surface area contributed by atoms with Gasteiger partial charge in [-0.2, -0.15) is 18.2 Å². The standard InChI is InChI=1S/C11H19OSi.C5H5.Ti/c1-4-13(5-2,6-3)12-11-9-7-8-10-11;1-2-4-5-3-1;/h7,9H,4-6,8H2,1-3H3;1-3H,4H2;/q2*-1;+2. The van der Waals surface area contributed by atoms with Crippen LogP contribution in [0.15, 0.2) is 36.1 Å². The molecule has 0 unspecified atom stereocenters. The summed E-state index contributed by atoms with van der Waals surface area (Å²) in [5, 5.41) is 0. The molecule has 0 saturated carbocycles. The van der Waals surface area contributed by atoms with Crippen molar-refractivity contribution in [1.82, 2.24) is 0 Å². The van der Waals surface area contributed by atoms with Crippen molar-refractivity contribution in [3.63, 3.8) is 0 Å². The first-order valence-electron chi connectivity index (χ1n) is 6.94. The average molecular weight is 308 g/mol. The first-order chi connectivity index (χ1) is 8.76. The predicted molar refractivity (Wildman–Crippen MR) is 80.4 cm³/mol. The molecule has 0 spiro atoms. The minimum atomic E-state index is -1.43. The second-order valence-electron chi connectivity index (χ2n) is 4.50. The first kappa shape index (κ1) is 18.7. The maximum absolute atomic E-state index is 6.10. The zero-order chi connectivity index (χ0) is 13.3. The topological polar surface area (TPSA) is 9.23 Å². The Bertz CT molecular complexity index is 333. The van der Waals surface area contributed by atoms with Crippen molar-refractivity contribution in [2.75, 3.05) is 0 Å². The molecule has 19 heavy (non-hydrogen) atoms. The van der Waals surface area contributed by atoms with Gasteiger partial charge in [0.05, 0.1) is 0 Å². The van der Waals surface area contributed by atoms with E-state index in [1.165, 1.54) is 18.1 Å². The third-order valence-electron chi connectivity index (χ3n) is 3.51. The van der Waals surface area contributed by atoms with Crippen molar-refractivity contribution in [2.24, 2.45) is 0 Å². The van der Waals surface area contributed by atoms with Gasteiger partial charge in [-0.05, 0) is 18.1 Å². The molecule has 0 radical (unpaired) electrons. The molecule has 2 rings (SSSR count). The predicted octanol–water partition coefficient (Wildman–Crippen LogP) is 4.96. The molecule has 0 heterocycles. The normalized spacial score (nSPS) is 15.6. The quantitative estimate of drug-likeness (QED) is 0.515. The van der Waals surface area contributed by atoms with Gasteiger partial charge >= 0.3 is 21.7 Å². The summed E-state index contributed by atoms with van der Waals surface area (Å²) in [6.07, 6.45) is 18.3. The summed E-state index contributed by atoms with van der Waals surface area (Å²) in [6.45, 7) is 6.75. The van der Waals surface area contributed by atoms with Crippen molar-refractivity contribution < 1.29 is 26.1 Å². The van der Waals surface area contributed by atoms with E-state index >= 15 is 0 Å². The van der Waals surface area contributed by atoms with Crippen LogP contribution in [0.25, 0.3) is 0 Å². The fourth-order valence-corrected chi connectivity index (χ4v) is 4.53. The Labute approximate surface area is 134 Å². The number of hydrogen-bond donors (Lipinski definition) is 0. The van der Waals surface area contributed by atoms with Crippen molar-refractivity contribution in [3.05, 3.63) is 48.3 Å². The van der Waals surface area contributed by atoms with E-state index < -0.39 is 8.32 Å². The molecule has 2 aliphatic rings. The van der Waals surface area contributed by atoms with Crippen LogP contribution in [0.5, 0.6) is 0 Å². The van der Waals surface area contributed by atoms with Crippen LogP contribution in [0.3, 0.4) is 0 Å². The molecule has 0 bridgehead atoms. The van der Waals surface area contributed by atoms with E-state index in [9.17, 15) is 0 Å². The van der Waals surface area contributed by atoms with E-state index in [0.29, 0.717) is 0 Å². The van der Waals surface area contributed by atoms with Gasteiger partial charge in [0.1, 0.15) is 0 Å². The summed E-state index contributed by atoms with van der Waals surface area (Å²) < 4.78 is 6.10. The van der Waals surface area contributed by atoms with Gasteiger partial charge in [0.15, 0.2) is 0 Å². The van der Waals surface area contributed by atoms with Crippen LogP contribution < -0.4 is 0 Å². The first-order valence-corrected chi connectivity index (χ1v) is 9.47. The van der Waals surface area contributed by atoms with Gasteiger partial charge in [0, 0.05) is 0 Å². The Balaban J connectivity index is 0.000000454. The largest absolute Gasteiger partial charge is 2.00 e. The van der Waals surface area contributed by atoms with Crippen molar-refractivity contribution in [2.45, 2.75) is 51.7 Å². The van der Waals surface area contributed by atoms with Crippen LogP contribution in [-0.2, 0) is 26.1 Å². The molecule has 0 aromatic heterocycles. The maximum Gasteiger partial charge on any atom is 2.00 e. The molecule has 3 heteroatoms. The van der Waals surface area contributed by atoms with Gasteiger partial charge in [-0.25, -0.2) is 18.2 Å².